The molecule has 2 amide bonds. The van der Waals surface area contributed by atoms with Crippen LogP contribution in [0.4, 0.5) is 4.79 Å². The Bertz CT molecular complexity index is 443. The van der Waals surface area contributed by atoms with E-state index in [1.807, 2.05) is 20.0 Å². The van der Waals surface area contributed by atoms with Gasteiger partial charge >= 0.3 is 6.03 Å². The van der Waals surface area contributed by atoms with Crippen LogP contribution in [-0.2, 0) is 4.74 Å². The van der Waals surface area contributed by atoms with Gasteiger partial charge in [0.25, 0.3) is 0 Å². The number of aryl methyl sites for hydroxylation is 1. The molecule has 2 heterocycles. The third-order valence-corrected chi connectivity index (χ3v) is 4.80. The molecule has 112 valence electrons. The lowest BCUT2D eigenvalue weighted by atomic mass is 10.0. The molecule has 5 nitrogen and oxygen atoms in total. The maximum atomic E-state index is 11.9. The summed E-state index contributed by atoms with van der Waals surface area (Å²) >= 11 is 1.68. The minimum absolute atomic E-state index is 0.107. The van der Waals surface area contributed by atoms with Crippen molar-refractivity contribution in [1.82, 2.24) is 15.6 Å². The summed E-state index contributed by atoms with van der Waals surface area (Å²) in [7, 11) is 0. The Morgan fingerprint density at radius 3 is 3.00 bits per heavy atom. The topological polar surface area (TPSA) is 63.2 Å². The molecule has 1 aliphatic heterocycles. The first-order valence-corrected chi connectivity index (χ1v) is 7.92. The standard InChI is InChI=1S/C14H23N3O2S/c1-9(13-15-7-10(2)20-13)6-16-14(18)17-11(3)12-4-5-19-8-12/h7,9,11-12H,4-6,8H2,1-3H3,(H2,16,17,18). The van der Waals surface area contributed by atoms with Crippen molar-refractivity contribution < 1.29 is 9.53 Å². The Kier molecular flexibility index (Phi) is 5.37. The van der Waals surface area contributed by atoms with Crippen LogP contribution in [0.15, 0.2) is 6.20 Å². The Labute approximate surface area is 124 Å². The van der Waals surface area contributed by atoms with E-state index < -0.39 is 0 Å². The number of ether oxygens (including phenoxy) is 1. The summed E-state index contributed by atoms with van der Waals surface area (Å²) in [5.74, 6) is 0.671. The highest BCUT2D eigenvalue weighted by Gasteiger charge is 2.23. The average Bonchev–Trinajstić information content (AvgIpc) is 3.06. The van der Waals surface area contributed by atoms with Crippen molar-refractivity contribution in [2.45, 2.75) is 39.2 Å². The summed E-state index contributed by atoms with van der Waals surface area (Å²) in [5.41, 5.74) is 0. The van der Waals surface area contributed by atoms with Gasteiger partial charge in [-0.1, -0.05) is 6.92 Å². The van der Waals surface area contributed by atoms with Crippen LogP contribution >= 0.6 is 11.3 Å². The van der Waals surface area contributed by atoms with Crippen LogP contribution < -0.4 is 10.6 Å². The van der Waals surface area contributed by atoms with Gasteiger partial charge in [-0.25, -0.2) is 9.78 Å². The predicted octanol–water partition coefficient (Wildman–Crippen LogP) is 2.28. The molecule has 2 N–H and O–H groups in total. The summed E-state index contributed by atoms with van der Waals surface area (Å²) in [6, 6.07) is 0.0411. The Balaban J connectivity index is 1.71. The van der Waals surface area contributed by atoms with Crippen molar-refractivity contribution in [1.29, 1.82) is 0 Å². The second kappa shape index (κ2) is 7.04. The van der Waals surface area contributed by atoms with Gasteiger partial charge in [0.1, 0.15) is 0 Å². The van der Waals surface area contributed by atoms with E-state index in [1.54, 1.807) is 11.3 Å². The van der Waals surface area contributed by atoms with Gasteiger partial charge in [-0.15, -0.1) is 11.3 Å². The third-order valence-electron chi connectivity index (χ3n) is 3.66. The summed E-state index contributed by atoms with van der Waals surface area (Å²) < 4.78 is 5.34. The van der Waals surface area contributed by atoms with Crippen molar-refractivity contribution in [3.05, 3.63) is 16.1 Å². The van der Waals surface area contributed by atoms with Gasteiger partial charge in [-0.3, -0.25) is 0 Å². The smallest absolute Gasteiger partial charge is 0.315 e. The summed E-state index contributed by atoms with van der Waals surface area (Å²) in [6.07, 6.45) is 2.90. The fourth-order valence-electron chi connectivity index (χ4n) is 2.26. The van der Waals surface area contributed by atoms with E-state index in [9.17, 15) is 4.79 Å². The Morgan fingerprint density at radius 2 is 2.40 bits per heavy atom. The molecule has 1 saturated heterocycles. The molecular formula is C14H23N3O2S. The SMILES string of the molecule is Cc1cnc(C(C)CNC(=O)NC(C)C2CCOC2)s1. The average molecular weight is 297 g/mol. The number of nitrogens with one attached hydrogen (secondary N) is 2. The lowest BCUT2D eigenvalue weighted by Crippen LogP contribution is -2.45. The number of hydrogen-bond acceptors (Lipinski definition) is 4. The quantitative estimate of drug-likeness (QED) is 0.876. The van der Waals surface area contributed by atoms with Crippen LogP contribution in [0.1, 0.15) is 36.1 Å². The van der Waals surface area contributed by atoms with Gasteiger partial charge in [-0.2, -0.15) is 0 Å². The van der Waals surface area contributed by atoms with Gasteiger partial charge in [0.05, 0.1) is 11.6 Å². The normalized spacial score (nSPS) is 21.4. The molecule has 3 atom stereocenters. The van der Waals surface area contributed by atoms with E-state index in [0.29, 0.717) is 12.5 Å². The first kappa shape index (κ1) is 15.3. The fraction of sp³-hybridized carbons (Fsp3) is 0.714. The minimum Gasteiger partial charge on any atom is -0.381 e. The number of amides is 2. The zero-order valence-electron chi connectivity index (χ0n) is 12.3. The van der Waals surface area contributed by atoms with Crippen molar-refractivity contribution >= 4 is 17.4 Å². The van der Waals surface area contributed by atoms with E-state index in [1.165, 1.54) is 4.88 Å². The molecule has 0 bridgehead atoms. The van der Waals surface area contributed by atoms with Crippen LogP contribution in [-0.4, -0.2) is 36.8 Å². The number of thiazole rings is 1. The molecule has 0 aromatic carbocycles. The molecule has 1 aromatic rings. The molecule has 6 heteroatoms. The number of urea groups is 1. The number of aromatic nitrogens is 1. The van der Waals surface area contributed by atoms with E-state index in [-0.39, 0.29) is 18.0 Å². The molecule has 1 aromatic heterocycles. The van der Waals surface area contributed by atoms with Crippen LogP contribution in [0, 0.1) is 12.8 Å². The maximum absolute atomic E-state index is 11.9. The summed E-state index contributed by atoms with van der Waals surface area (Å²) in [5, 5.41) is 6.98. The largest absolute Gasteiger partial charge is 0.381 e. The highest BCUT2D eigenvalue weighted by Crippen LogP contribution is 2.20. The first-order valence-electron chi connectivity index (χ1n) is 7.10. The summed E-state index contributed by atoms with van der Waals surface area (Å²) in [6.45, 7) is 8.31. The van der Waals surface area contributed by atoms with Gasteiger partial charge in [-0.05, 0) is 20.3 Å². The van der Waals surface area contributed by atoms with E-state index in [2.05, 4.69) is 22.5 Å². The molecule has 20 heavy (non-hydrogen) atoms. The number of hydrogen-bond donors (Lipinski definition) is 2. The second-order valence-electron chi connectivity index (χ2n) is 5.48. The summed E-state index contributed by atoms with van der Waals surface area (Å²) in [4.78, 5) is 17.4. The lowest BCUT2D eigenvalue weighted by Gasteiger charge is -2.20. The van der Waals surface area contributed by atoms with E-state index in [0.717, 1.165) is 24.6 Å². The van der Waals surface area contributed by atoms with Gasteiger partial charge < -0.3 is 15.4 Å². The van der Waals surface area contributed by atoms with Crippen LogP contribution in [0.2, 0.25) is 0 Å². The molecule has 2 rings (SSSR count). The monoisotopic (exact) mass is 297 g/mol. The first-order chi connectivity index (χ1) is 9.56. The zero-order chi connectivity index (χ0) is 14.5. The maximum Gasteiger partial charge on any atom is 0.315 e. The van der Waals surface area contributed by atoms with Gasteiger partial charge in [0.2, 0.25) is 0 Å². The van der Waals surface area contributed by atoms with Crippen molar-refractivity contribution in [3.63, 3.8) is 0 Å². The molecule has 1 aliphatic rings. The molecule has 3 unspecified atom stereocenters. The zero-order valence-corrected chi connectivity index (χ0v) is 13.1. The minimum atomic E-state index is -0.107. The van der Waals surface area contributed by atoms with Gasteiger partial charge in [0, 0.05) is 42.1 Å². The molecule has 1 fully saturated rings. The number of carbonyl (C=O) groups excluding carboxylic acids is 1. The van der Waals surface area contributed by atoms with Gasteiger partial charge in [0.15, 0.2) is 0 Å². The highest BCUT2D eigenvalue weighted by molar-refractivity contribution is 7.11. The van der Waals surface area contributed by atoms with E-state index in [4.69, 9.17) is 4.74 Å². The van der Waals surface area contributed by atoms with Crippen LogP contribution in [0.25, 0.3) is 0 Å². The number of carbonyl (C=O) groups is 1. The number of rotatable bonds is 5. The lowest BCUT2D eigenvalue weighted by molar-refractivity contribution is 0.178. The third kappa shape index (κ3) is 4.18. The molecule has 0 radical (unpaired) electrons. The second-order valence-corrected chi connectivity index (χ2v) is 6.74. The molecule has 0 aliphatic carbocycles. The van der Waals surface area contributed by atoms with Crippen LogP contribution in [0.3, 0.4) is 0 Å². The van der Waals surface area contributed by atoms with Crippen molar-refractivity contribution in [3.8, 4) is 0 Å². The molecular weight excluding hydrogens is 274 g/mol. The Hall–Kier alpha value is -1.14. The predicted molar refractivity (Wildman–Crippen MR) is 80.2 cm³/mol. The Morgan fingerprint density at radius 1 is 1.60 bits per heavy atom. The van der Waals surface area contributed by atoms with Crippen molar-refractivity contribution in [2.24, 2.45) is 5.92 Å². The number of nitrogens with zero attached hydrogens (tertiary/aromatic N) is 1. The molecule has 0 spiro atoms. The fourth-order valence-corrected chi connectivity index (χ4v) is 3.08. The highest BCUT2D eigenvalue weighted by atomic mass is 32.1. The molecule has 0 saturated carbocycles. The van der Waals surface area contributed by atoms with Crippen LogP contribution in [0.5, 0.6) is 0 Å². The van der Waals surface area contributed by atoms with E-state index >= 15 is 0 Å². The van der Waals surface area contributed by atoms with Crippen molar-refractivity contribution in [2.75, 3.05) is 19.8 Å².